The smallest absolute Gasteiger partial charge is 0.305 e. The molecule has 0 bridgehead atoms. The van der Waals surface area contributed by atoms with Gasteiger partial charge in [-0.05, 0) is 35.9 Å². The van der Waals surface area contributed by atoms with Crippen LogP contribution in [0.4, 0.5) is 10.1 Å². The van der Waals surface area contributed by atoms with E-state index >= 15 is 0 Å². The molecule has 134 valence electrons. The van der Waals surface area contributed by atoms with Crippen LogP contribution in [0.25, 0.3) is 0 Å². The second-order valence-corrected chi connectivity index (χ2v) is 5.72. The minimum Gasteiger partial charge on any atom is -0.482 e. The van der Waals surface area contributed by atoms with Crippen LogP contribution in [0.15, 0.2) is 42.5 Å². The second-order valence-electron chi connectivity index (χ2n) is 5.72. The zero-order valence-corrected chi connectivity index (χ0v) is 13.5. The Kier molecular flexibility index (Phi) is 4.83. The largest absolute Gasteiger partial charge is 0.482 e. The van der Waals surface area contributed by atoms with Crippen LogP contribution >= 0.6 is 0 Å². The summed E-state index contributed by atoms with van der Waals surface area (Å²) < 4.78 is 18.3. The first-order chi connectivity index (χ1) is 12.4. The number of anilines is 1. The third-order valence-corrected chi connectivity index (χ3v) is 3.83. The van der Waals surface area contributed by atoms with E-state index in [2.05, 4.69) is 10.6 Å². The molecule has 1 heterocycles. The summed E-state index contributed by atoms with van der Waals surface area (Å²) in [5.41, 5.74) is 1.18. The quantitative estimate of drug-likeness (QED) is 0.759. The van der Waals surface area contributed by atoms with Gasteiger partial charge < -0.3 is 20.5 Å². The van der Waals surface area contributed by atoms with Gasteiger partial charge in [0, 0.05) is 5.56 Å². The predicted molar refractivity (Wildman–Crippen MR) is 89.4 cm³/mol. The highest BCUT2D eigenvalue weighted by Gasteiger charge is 2.21. The van der Waals surface area contributed by atoms with Gasteiger partial charge in [0.25, 0.3) is 11.8 Å². The molecule has 0 saturated carbocycles. The number of amides is 2. The molecule has 2 aromatic rings. The van der Waals surface area contributed by atoms with E-state index in [0.717, 1.165) is 0 Å². The lowest BCUT2D eigenvalue weighted by Crippen LogP contribution is -2.30. The number of nitrogens with one attached hydrogen (secondary N) is 2. The minimum absolute atomic E-state index is 0.144. The van der Waals surface area contributed by atoms with Crippen molar-refractivity contribution in [3.05, 3.63) is 59.4 Å². The molecule has 0 unspecified atom stereocenters. The number of hydrogen-bond donors (Lipinski definition) is 3. The molecule has 0 spiro atoms. The number of benzene rings is 2. The molecule has 0 aromatic heterocycles. The SMILES string of the molecule is O=C(O)C[C@@H](NC(=O)c1ccc2c(c1)OCC(=O)N2)c1ccc(F)cc1. The molecule has 3 N–H and O–H groups in total. The third-order valence-electron chi connectivity index (χ3n) is 3.83. The Balaban J connectivity index is 1.80. The van der Waals surface area contributed by atoms with Crippen molar-refractivity contribution >= 4 is 23.5 Å². The summed E-state index contributed by atoms with van der Waals surface area (Å²) in [4.78, 5) is 34.9. The highest BCUT2D eigenvalue weighted by molar-refractivity contribution is 5.99. The summed E-state index contributed by atoms with van der Waals surface area (Å²) >= 11 is 0. The van der Waals surface area contributed by atoms with E-state index in [1.165, 1.54) is 42.5 Å². The fraction of sp³-hybridized carbons (Fsp3) is 0.167. The maximum atomic E-state index is 13.1. The first-order valence-corrected chi connectivity index (χ1v) is 7.77. The molecule has 0 aliphatic carbocycles. The van der Waals surface area contributed by atoms with Crippen molar-refractivity contribution in [2.75, 3.05) is 11.9 Å². The summed E-state index contributed by atoms with van der Waals surface area (Å²) in [6.45, 7) is -0.144. The highest BCUT2D eigenvalue weighted by Crippen LogP contribution is 2.29. The normalized spacial score (nSPS) is 13.8. The fourth-order valence-corrected chi connectivity index (χ4v) is 2.58. The van der Waals surface area contributed by atoms with Crippen LogP contribution in [0.3, 0.4) is 0 Å². The van der Waals surface area contributed by atoms with E-state index in [0.29, 0.717) is 17.0 Å². The molecule has 0 saturated heterocycles. The maximum absolute atomic E-state index is 13.1. The van der Waals surface area contributed by atoms with Gasteiger partial charge in [0.05, 0.1) is 18.2 Å². The first kappa shape index (κ1) is 17.4. The molecule has 26 heavy (non-hydrogen) atoms. The van der Waals surface area contributed by atoms with E-state index < -0.39 is 23.7 Å². The molecule has 1 aliphatic rings. The van der Waals surface area contributed by atoms with Crippen LogP contribution in [-0.4, -0.2) is 29.5 Å². The highest BCUT2D eigenvalue weighted by atomic mass is 19.1. The van der Waals surface area contributed by atoms with Gasteiger partial charge in [0.2, 0.25) is 0 Å². The minimum atomic E-state index is -1.10. The fourth-order valence-electron chi connectivity index (χ4n) is 2.58. The van der Waals surface area contributed by atoms with E-state index in [4.69, 9.17) is 9.84 Å². The summed E-state index contributed by atoms with van der Waals surface area (Å²) in [5, 5.41) is 14.3. The van der Waals surface area contributed by atoms with Gasteiger partial charge in [-0.15, -0.1) is 0 Å². The number of carbonyl (C=O) groups is 3. The number of carboxylic acid groups (broad SMARTS) is 1. The number of carboxylic acids is 1. The Morgan fingerprint density at radius 1 is 1.23 bits per heavy atom. The van der Waals surface area contributed by atoms with Crippen LogP contribution in [-0.2, 0) is 9.59 Å². The number of ether oxygens (including phenoxy) is 1. The standard InChI is InChI=1S/C18H15FN2O5/c19-12-4-1-10(2-5-12)14(8-17(23)24)21-18(25)11-3-6-13-15(7-11)26-9-16(22)20-13/h1-7,14H,8-9H2,(H,20,22)(H,21,25)(H,23,24)/t14-/m1/s1. The number of carbonyl (C=O) groups excluding carboxylic acids is 2. The van der Waals surface area contributed by atoms with Gasteiger partial charge in [-0.1, -0.05) is 12.1 Å². The molecule has 2 aromatic carbocycles. The molecular weight excluding hydrogens is 343 g/mol. The van der Waals surface area contributed by atoms with Crippen molar-refractivity contribution in [1.82, 2.24) is 5.32 Å². The lowest BCUT2D eigenvalue weighted by molar-refractivity contribution is -0.137. The Labute approximate surface area is 147 Å². The van der Waals surface area contributed by atoms with E-state index in [1.807, 2.05) is 0 Å². The Hall–Kier alpha value is -3.42. The molecule has 2 amide bonds. The van der Waals surface area contributed by atoms with Crippen molar-refractivity contribution in [3.8, 4) is 5.75 Å². The Morgan fingerprint density at radius 2 is 1.96 bits per heavy atom. The zero-order chi connectivity index (χ0) is 18.7. The van der Waals surface area contributed by atoms with Crippen molar-refractivity contribution in [1.29, 1.82) is 0 Å². The number of fused-ring (bicyclic) bond motifs is 1. The van der Waals surface area contributed by atoms with E-state index in [9.17, 15) is 18.8 Å². The average molecular weight is 358 g/mol. The molecule has 3 rings (SSSR count). The molecule has 0 fully saturated rings. The van der Waals surface area contributed by atoms with E-state index in [-0.39, 0.29) is 24.5 Å². The topological polar surface area (TPSA) is 105 Å². The van der Waals surface area contributed by atoms with Crippen molar-refractivity contribution < 1.29 is 28.6 Å². The molecule has 1 atom stereocenters. The van der Waals surface area contributed by atoms with Crippen LogP contribution in [0.1, 0.15) is 28.4 Å². The lowest BCUT2D eigenvalue weighted by Gasteiger charge is -2.20. The van der Waals surface area contributed by atoms with Crippen LogP contribution in [0.5, 0.6) is 5.75 Å². The zero-order valence-electron chi connectivity index (χ0n) is 13.5. The number of rotatable bonds is 5. The van der Waals surface area contributed by atoms with Gasteiger partial charge in [-0.25, -0.2) is 4.39 Å². The monoisotopic (exact) mass is 358 g/mol. The van der Waals surface area contributed by atoms with Gasteiger partial charge in [0.1, 0.15) is 11.6 Å². The van der Waals surface area contributed by atoms with Gasteiger partial charge in [-0.3, -0.25) is 14.4 Å². The lowest BCUT2D eigenvalue weighted by atomic mass is 10.0. The molecule has 8 heteroatoms. The van der Waals surface area contributed by atoms with Gasteiger partial charge in [0.15, 0.2) is 6.61 Å². The van der Waals surface area contributed by atoms with Crippen LogP contribution in [0, 0.1) is 5.82 Å². The molecule has 0 radical (unpaired) electrons. The molecule has 1 aliphatic heterocycles. The average Bonchev–Trinajstić information content (AvgIpc) is 2.61. The molecule has 7 nitrogen and oxygen atoms in total. The van der Waals surface area contributed by atoms with Crippen LogP contribution in [0.2, 0.25) is 0 Å². The molecular formula is C18H15FN2O5. The predicted octanol–water partition coefficient (Wildman–Crippen LogP) is 2.10. The summed E-state index contributed by atoms with van der Waals surface area (Å²) in [6, 6.07) is 8.92. The van der Waals surface area contributed by atoms with E-state index in [1.54, 1.807) is 0 Å². The van der Waals surface area contributed by atoms with Crippen molar-refractivity contribution in [3.63, 3.8) is 0 Å². The summed E-state index contributed by atoms with van der Waals surface area (Å²) in [6.07, 6.45) is -0.352. The van der Waals surface area contributed by atoms with Crippen molar-refractivity contribution in [2.24, 2.45) is 0 Å². The van der Waals surface area contributed by atoms with Gasteiger partial charge in [-0.2, -0.15) is 0 Å². The van der Waals surface area contributed by atoms with Crippen LogP contribution < -0.4 is 15.4 Å². The maximum Gasteiger partial charge on any atom is 0.305 e. The number of aliphatic carboxylic acids is 1. The van der Waals surface area contributed by atoms with Crippen molar-refractivity contribution in [2.45, 2.75) is 12.5 Å². The first-order valence-electron chi connectivity index (χ1n) is 7.77. The van der Waals surface area contributed by atoms with Gasteiger partial charge >= 0.3 is 5.97 Å². The number of hydrogen-bond acceptors (Lipinski definition) is 4. The number of halogens is 1. The Bertz CT molecular complexity index is 866. The second kappa shape index (κ2) is 7.22. The summed E-state index contributed by atoms with van der Waals surface area (Å²) in [5.74, 6) is -2.00. The summed E-state index contributed by atoms with van der Waals surface area (Å²) in [7, 11) is 0. The third kappa shape index (κ3) is 3.97. The Morgan fingerprint density at radius 3 is 2.65 bits per heavy atom.